The molecule has 0 N–H and O–H groups in total. The Bertz CT molecular complexity index is 268. The Labute approximate surface area is 98.7 Å². The van der Waals surface area contributed by atoms with Gasteiger partial charge >= 0.3 is 0 Å². The van der Waals surface area contributed by atoms with Crippen molar-refractivity contribution < 1.29 is 9.47 Å². The van der Waals surface area contributed by atoms with Gasteiger partial charge in [0.15, 0.2) is 0 Å². The lowest BCUT2D eigenvalue weighted by atomic mass is 10.0. The van der Waals surface area contributed by atoms with Crippen LogP contribution in [0.25, 0.3) is 0 Å². The highest BCUT2D eigenvalue weighted by atomic mass is 127. The summed E-state index contributed by atoms with van der Waals surface area (Å²) in [6, 6.07) is 9.99. The first-order valence-corrected chi connectivity index (χ1v) is 5.72. The number of alkyl halides is 1. The Morgan fingerprint density at radius 2 is 1.64 bits per heavy atom. The molecule has 2 nitrogen and oxygen atoms in total. The molecule has 78 valence electrons. The average molecular weight is 306 g/mol. The van der Waals surface area contributed by atoms with Gasteiger partial charge in [-0.25, -0.2) is 0 Å². The third kappa shape index (κ3) is 2.10. The largest absolute Gasteiger partial charge is 0.348 e. The van der Waals surface area contributed by atoms with Gasteiger partial charge in [0, 0.05) is 19.8 Å². The van der Waals surface area contributed by atoms with Crippen molar-refractivity contribution in [1.29, 1.82) is 0 Å². The molecular formula is C11H15IO2. The molecule has 0 bridgehead atoms. The average Bonchev–Trinajstić information content (AvgIpc) is 2.22. The lowest BCUT2D eigenvalue weighted by molar-refractivity contribution is -0.210. The number of methoxy groups -OCH3 is 2. The van der Waals surface area contributed by atoms with Crippen molar-refractivity contribution in [2.24, 2.45) is 0 Å². The Balaban J connectivity index is 3.11. The fourth-order valence-electron chi connectivity index (χ4n) is 1.54. The molecule has 0 aliphatic heterocycles. The van der Waals surface area contributed by atoms with Crippen LogP contribution >= 0.6 is 22.6 Å². The van der Waals surface area contributed by atoms with E-state index in [0.717, 1.165) is 5.56 Å². The van der Waals surface area contributed by atoms with Crippen LogP contribution in [0.1, 0.15) is 12.5 Å². The van der Waals surface area contributed by atoms with Crippen molar-refractivity contribution >= 4 is 22.6 Å². The molecule has 1 rings (SSSR count). The number of rotatable bonds is 4. The van der Waals surface area contributed by atoms with Crippen LogP contribution in [0.15, 0.2) is 30.3 Å². The van der Waals surface area contributed by atoms with Gasteiger partial charge in [-0.2, -0.15) is 0 Å². The summed E-state index contributed by atoms with van der Waals surface area (Å²) in [6.07, 6.45) is 0. The molecule has 3 heteroatoms. The quantitative estimate of drug-likeness (QED) is 0.484. The molecule has 0 spiro atoms. The molecule has 0 saturated carbocycles. The lowest BCUT2D eigenvalue weighted by Gasteiger charge is -2.33. The zero-order valence-electron chi connectivity index (χ0n) is 8.66. The second kappa shape index (κ2) is 5.09. The number of halogens is 1. The monoisotopic (exact) mass is 306 g/mol. The summed E-state index contributed by atoms with van der Waals surface area (Å²) in [7, 11) is 3.34. The van der Waals surface area contributed by atoms with Gasteiger partial charge in [0.2, 0.25) is 5.79 Å². The van der Waals surface area contributed by atoms with Crippen molar-refractivity contribution in [1.82, 2.24) is 0 Å². The van der Waals surface area contributed by atoms with Gasteiger partial charge in [-0.15, -0.1) is 0 Å². The van der Waals surface area contributed by atoms with E-state index in [1.54, 1.807) is 14.2 Å². The SMILES string of the molecule is COC(OC)(c1ccccc1)C(C)I. The van der Waals surface area contributed by atoms with Gasteiger partial charge in [-0.1, -0.05) is 52.9 Å². The molecule has 0 aliphatic carbocycles. The molecule has 14 heavy (non-hydrogen) atoms. The van der Waals surface area contributed by atoms with E-state index in [0.29, 0.717) is 0 Å². The maximum atomic E-state index is 5.50. The third-order valence-corrected chi connectivity index (χ3v) is 3.13. The van der Waals surface area contributed by atoms with E-state index in [1.807, 2.05) is 30.3 Å². The highest BCUT2D eigenvalue weighted by molar-refractivity contribution is 14.1. The molecule has 1 aromatic carbocycles. The molecule has 1 unspecified atom stereocenters. The van der Waals surface area contributed by atoms with Crippen LogP contribution in [-0.2, 0) is 15.3 Å². The topological polar surface area (TPSA) is 18.5 Å². The summed E-state index contributed by atoms with van der Waals surface area (Å²) in [5.74, 6) is -0.637. The molecule has 1 atom stereocenters. The van der Waals surface area contributed by atoms with Gasteiger partial charge in [0.25, 0.3) is 0 Å². The second-order valence-electron chi connectivity index (χ2n) is 3.06. The molecule has 0 aliphatic rings. The van der Waals surface area contributed by atoms with E-state index in [2.05, 4.69) is 29.5 Å². The number of hydrogen-bond donors (Lipinski definition) is 0. The Morgan fingerprint density at radius 1 is 1.14 bits per heavy atom. The Morgan fingerprint density at radius 3 is 2.00 bits per heavy atom. The summed E-state index contributed by atoms with van der Waals surface area (Å²) in [5.41, 5.74) is 1.05. The van der Waals surface area contributed by atoms with E-state index in [-0.39, 0.29) is 3.92 Å². The van der Waals surface area contributed by atoms with Crippen LogP contribution < -0.4 is 0 Å². The first kappa shape index (κ1) is 11.9. The van der Waals surface area contributed by atoms with Crippen molar-refractivity contribution in [3.05, 3.63) is 35.9 Å². The Kier molecular flexibility index (Phi) is 4.34. The minimum absolute atomic E-state index is 0.234. The molecule has 0 aromatic heterocycles. The van der Waals surface area contributed by atoms with Gasteiger partial charge in [-0.05, 0) is 6.92 Å². The molecule has 1 aromatic rings. The van der Waals surface area contributed by atoms with Crippen molar-refractivity contribution in [3.8, 4) is 0 Å². The minimum atomic E-state index is -0.637. The first-order valence-electron chi connectivity index (χ1n) is 4.47. The van der Waals surface area contributed by atoms with Crippen LogP contribution in [0.4, 0.5) is 0 Å². The maximum Gasteiger partial charge on any atom is 0.206 e. The lowest BCUT2D eigenvalue weighted by Crippen LogP contribution is -2.38. The fourth-order valence-corrected chi connectivity index (χ4v) is 2.41. The Hall–Kier alpha value is -0.130. The highest BCUT2D eigenvalue weighted by Gasteiger charge is 2.36. The van der Waals surface area contributed by atoms with Gasteiger partial charge < -0.3 is 9.47 Å². The summed E-state index contributed by atoms with van der Waals surface area (Å²) in [4.78, 5) is 0. The maximum absolute atomic E-state index is 5.50. The van der Waals surface area contributed by atoms with E-state index < -0.39 is 5.79 Å². The number of hydrogen-bond acceptors (Lipinski definition) is 2. The predicted molar refractivity (Wildman–Crippen MR) is 65.6 cm³/mol. The van der Waals surface area contributed by atoms with E-state index in [1.165, 1.54) is 0 Å². The van der Waals surface area contributed by atoms with Crippen LogP contribution in [0.5, 0.6) is 0 Å². The van der Waals surface area contributed by atoms with Gasteiger partial charge in [0.1, 0.15) is 0 Å². The van der Waals surface area contributed by atoms with Crippen LogP contribution in [0, 0.1) is 0 Å². The second-order valence-corrected chi connectivity index (χ2v) is 4.93. The molecule has 0 amide bonds. The zero-order valence-corrected chi connectivity index (χ0v) is 10.8. The molecule has 0 radical (unpaired) electrons. The molecule has 0 fully saturated rings. The normalized spacial score (nSPS) is 14.0. The number of ether oxygens (including phenoxy) is 2. The molecule has 0 saturated heterocycles. The summed E-state index contributed by atoms with van der Waals surface area (Å²) >= 11 is 2.31. The minimum Gasteiger partial charge on any atom is -0.348 e. The smallest absolute Gasteiger partial charge is 0.206 e. The molecular weight excluding hydrogens is 291 g/mol. The van der Waals surface area contributed by atoms with Crippen LogP contribution in [-0.4, -0.2) is 18.1 Å². The first-order chi connectivity index (χ1) is 6.67. The third-order valence-electron chi connectivity index (χ3n) is 2.31. The van der Waals surface area contributed by atoms with Gasteiger partial charge in [0.05, 0.1) is 3.92 Å². The highest BCUT2D eigenvalue weighted by Crippen LogP contribution is 2.33. The van der Waals surface area contributed by atoms with E-state index in [4.69, 9.17) is 9.47 Å². The van der Waals surface area contributed by atoms with Gasteiger partial charge in [-0.3, -0.25) is 0 Å². The summed E-state index contributed by atoms with van der Waals surface area (Å²) in [5, 5.41) is 0. The summed E-state index contributed by atoms with van der Waals surface area (Å²) < 4.78 is 11.2. The van der Waals surface area contributed by atoms with Crippen molar-refractivity contribution in [2.45, 2.75) is 16.6 Å². The fraction of sp³-hybridized carbons (Fsp3) is 0.455. The molecule has 0 heterocycles. The zero-order chi connectivity index (χ0) is 10.6. The van der Waals surface area contributed by atoms with Crippen molar-refractivity contribution in [2.75, 3.05) is 14.2 Å². The predicted octanol–water partition coefficient (Wildman–Crippen LogP) is 2.96. The van der Waals surface area contributed by atoms with Crippen molar-refractivity contribution in [3.63, 3.8) is 0 Å². The number of benzene rings is 1. The van der Waals surface area contributed by atoms with E-state index in [9.17, 15) is 0 Å². The van der Waals surface area contributed by atoms with Crippen LogP contribution in [0.3, 0.4) is 0 Å². The van der Waals surface area contributed by atoms with Crippen LogP contribution in [0.2, 0.25) is 0 Å². The van der Waals surface area contributed by atoms with E-state index >= 15 is 0 Å². The standard InChI is InChI=1S/C11H15IO2/c1-9(12)11(13-2,14-3)10-7-5-4-6-8-10/h4-9H,1-3H3. The summed E-state index contributed by atoms with van der Waals surface area (Å²) in [6.45, 7) is 2.07.